The van der Waals surface area contributed by atoms with Crippen LogP contribution < -0.4 is 20.7 Å². The number of nitriles is 1. The molecule has 0 spiro atoms. The summed E-state index contributed by atoms with van der Waals surface area (Å²) in [5.74, 6) is 0.984. The lowest BCUT2D eigenvalue weighted by Gasteiger charge is -2.34. The van der Waals surface area contributed by atoms with Crippen LogP contribution in [0.15, 0.2) is 46.0 Å². The predicted octanol–water partition coefficient (Wildman–Crippen LogP) is 2.28. The average molecular weight is 463 g/mol. The van der Waals surface area contributed by atoms with Crippen LogP contribution in [0.25, 0.3) is 10.9 Å². The molecule has 2 aromatic carbocycles. The van der Waals surface area contributed by atoms with Crippen molar-refractivity contribution in [2.45, 2.75) is 32.4 Å². The molecule has 1 saturated heterocycles. The standard InChI is InChI=1S/C25H26N4O5/c1-16(30)27-10-4-5-19(15-27)29-21-8-6-17(13-26)11-20(21)24(31)28(25(29)32)14-18-7-9-22(33-2)23(12-18)34-3/h6-9,11-12,19H,4-5,10,14-15H2,1-3H3. The van der Waals surface area contributed by atoms with Gasteiger partial charge in [0.25, 0.3) is 5.56 Å². The number of carbonyl (C=O) groups excluding carboxylic acids is 1. The number of fused-ring (bicyclic) bond motifs is 1. The summed E-state index contributed by atoms with van der Waals surface area (Å²) < 4.78 is 13.4. The van der Waals surface area contributed by atoms with Crippen LogP contribution >= 0.6 is 0 Å². The van der Waals surface area contributed by atoms with E-state index < -0.39 is 11.2 Å². The largest absolute Gasteiger partial charge is 0.493 e. The van der Waals surface area contributed by atoms with Crippen molar-refractivity contribution < 1.29 is 14.3 Å². The van der Waals surface area contributed by atoms with E-state index in [0.29, 0.717) is 53.0 Å². The Kier molecular flexibility index (Phi) is 6.41. The molecule has 1 unspecified atom stereocenters. The molecule has 2 heterocycles. The van der Waals surface area contributed by atoms with Crippen LogP contribution in [0, 0.1) is 11.3 Å². The van der Waals surface area contributed by atoms with Gasteiger partial charge >= 0.3 is 5.69 Å². The van der Waals surface area contributed by atoms with E-state index in [0.717, 1.165) is 6.42 Å². The minimum atomic E-state index is -0.470. The molecule has 1 amide bonds. The number of hydrogen-bond donors (Lipinski definition) is 0. The first-order valence-electron chi connectivity index (χ1n) is 11.0. The molecule has 0 bridgehead atoms. The van der Waals surface area contributed by atoms with E-state index in [1.165, 1.54) is 31.8 Å². The first-order chi connectivity index (χ1) is 16.4. The predicted molar refractivity (Wildman–Crippen MR) is 126 cm³/mol. The fraction of sp³-hybridized carbons (Fsp3) is 0.360. The van der Waals surface area contributed by atoms with E-state index in [1.807, 2.05) is 0 Å². The quantitative estimate of drug-likeness (QED) is 0.576. The Bertz CT molecular complexity index is 1420. The molecule has 1 aliphatic heterocycles. The van der Waals surface area contributed by atoms with Crippen molar-refractivity contribution in [3.8, 4) is 17.6 Å². The SMILES string of the molecule is COc1ccc(Cn2c(=O)c3cc(C#N)ccc3n(C3CCCN(C(C)=O)C3)c2=O)cc1OC. The van der Waals surface area contributed by atoms with Crippen molar-refractivity contribution in [2.75, 3.05) is 27.3 Å². The van der Waals surface area contributed by atoms with E-state index in [4.69, 9.17) is 9.47 Å². The molecule has 0 radical (unpaired) electrons. The van der Waals surface area contributed by atoms with Crippen molar-refractivity contribution in [3.63, 3.8) is 0 Å². The molecule has 1 aromatic heterocycles. The first-order valence-corrected chi connectivity index (χ1v) is 11.0. The molecule has 0 aliphatic carbocycles. The molecule has 1 fully saturated rings. The van der Waals surface area contributed by atoms with Crippen LogP contribution in [0.5, 0.6) is 11.5 Å². The highest BCUT2D eigenvalue weighted by Gasteiger charge is 2.27. The van der Waals surface area contributed by atoms with Gasteiger partial charge in [0.15, 0.2) is 11.5 Å². The number of likely N-dealkylation sites (tertiary alicyclic amines) is 1. The summed E-state index contributed by atoms with van der Waals surface area (Å²) in [6.07, 6.45) is 1.45. The van der Waals surface area contributed by atoms with Crippen molar-refractivity contribution in [1.82, 2.24) is 14.0 Å². The number of carbonyl (C=O) groups is 1. The van der Waals surface area contributed by atoms with E-state index in [-0.39, 0.29) is 18.5 Å². The van der Waals surface area contributed by atoms with Gasteiger partial charge in [0.05, 0.1) is 49.3 Å². The minimum Gasteiger partial charge on any atom is -0.493 e. The maximum Gasteiger partial charge on any atom is 0.332 e. The lowest BCUT2D eigenvalue weighted by Crippen LogP contribution is -2.46. The van der Waals surface area contributed by atoms with Gasteiger partial charge in [-0.3, -0.25) is 18.7 Å². The molecule has 0 N–H and O–H groups in total. The molecule has 1 aliphatic rings. The number of nitrogens with zero attached hydrogens (tertiary/aromatic N) is 4. The third kappa shape index (κ3) is 4.15. The van der Waals surface area contributed by atoms with Crippen LogP contribution in [-0.2, 0) is 11.3 Å². The highest BCUT2D eigenvalue weighted by Crippen LogP contribution is 2.28. The number of aromatic nitrogens is 2. The van der Waals surface area contributed by atoms with Gasteiger partial charge in [0.2, 0.25) is 5.91 Å². The first kappa shape index (κ1) is 23.1. The van der Waals surface area contributed by atoms with Gasteiger partial charge in [-0.2, -0.15) is 5.26 Å². The lowest BCUT2D eigenvalue weighted by atomic mass is 10.0. The van der Waals surface area contributed by atoms with Crippen molar-refractivity contribution in [2.24, 2.45) is 0 Å². The van der Waals surface area contributed by atoms with Crippen LogP contribution in [-0.4, -0.2) is 47.3 Å². The van der Waals surface area contributed by atoms with Gasteiger partial charge < -0.3 is 14.4 Å². The summed E-state index contributed by atoms with van der Waals surface area (Å²) in [5.41, 5.74) is 0.567. The molecule has 1 atom stereocenters. The molecular formula is C25H26N4O5. The van der Waals surface area contributed by atoms with Crippen LogP contribution in [0.4, 0.5) is 0 Å². The molecular weight excluding hydrogens is 436 g/mol. The van der Waals surface area contributed by atoms with Crippen LogP contribution in [0.2, 0.25) is 0 Å². The van der Waals surface area contributed by atoms with Crippen molar-refractivity contribution in [3.05, 3.63) is 68.4 Å². The van der Waals surface area contributed by atoms with Crippen LogP contribution in [0.3, 0.4) is 0 Å². The Morgan fingerprint density at radius 2 is 1.88 bits per heavy atom. The third-order valence-corrected chi connectivity index (χ3v) is 6.29. The maximum atomic E-state index is 13.7. The third-order valence-electron chi connectivity index (χ3n) is 6.29. The minimum absolute atomic E-state index is 0.0217. The number of methoxy groups -OCH3 is 2. The molecule has 9 nitrogen and oxygen atoms in total. The lowest BCUT2D eigenvalue weighted by molar-refractivity contribution is -0.130. The number of ether oxygens (including phenoxy) is 2. The van der Waals surface area contributed by atoms with Crippen LogP contribution in [0.1, 0.15) is 36.9 Å². The van der Waals surface area contributed by atoms with Gasteiger partial charge in [-0.05, 0) is 48.7 Å². The summed E-state index contributed by atoms with van der Waals surface area (Å²) in [7, 11) is 3.05. The molecule has 0 saturated carbocycles. The summed E-state index contributed by atoms with van der Waals surface area (Å²) in [4.78, 5) is 40.9. The van der Waals surface area contributed by atoms with E-state index in [1.54, 1.807) is 39.8 Å². The second-order valence-electron chi connectivity index (χ2n) is 8.34. The number of piperidine rings is 1. The summed E-state index contributed by atoms with van der Waals surface area (Å²) in [5, 5.41) is 9.66. The molecule has 34 heavy (non-hydrogen) atoms. The van der Waals surface area contributed by atoms with E-state index in [9.17, 15) is 19.6 Å². The highest BCUT2D eigenvalue weighted by atomic mass is 16.5. The highest BCUT2D eigenvalue weighted by molar-refractivity contribution is 5.80. The number of hydrogen-bond acceptors (Lipinski definition) is 6. The van der Waals surface area contributed by atoms with E-state index >= 15 is 0 Å². The number of amides is 1. The fourth-order valence-electron chi connectivity index (χ4n) is 4.56. The van der Waals surface area contributed by atoms with Gasteiger partial charge in [-0.15, -0.1) is 0 Å². The van der Waals surface area contributed by atoms with E-state index in [2.05, 4.69) is 6.07 Å². The molecule has 4 rings (SSSR count). The van der Waals surface area contributed by atoms with Crippen molar-refractivity contribution >= 4 is 16.8 Å². The Labute approximate surface area is 196 Å². The monoisotopic (exact) mass is 462 g/mol. The summed E-state index contributed by atoms with van der Waals surface area (Å²) in [6, 6.07) is 11.8. The zero-order valence-corrected chi connectivity index (χ0v) is 19.4. The van der Waals surface area contributed by atoms with Gasteiger partial charge in [0.1, 0.15) is 0 Å². The second-order valence-corrected chi connectivity index (χ2v) is 8.34. The Morgan fingerprint density at radius 1 is 1.12 bits per heavy atom. The topological polar surface area (TPSA) is 107 Å². The maximum absolute atomic E-state index is 13.7. The average Bonchev–Trinajstić information content (AvgIpc) is 2.86. The fourth-order valence-corrected chi connectivity index (χ4v) is 4.56. The number of rotatable bonds is 5. The Balaban J connectivity index is 1.90. The molecule has 3 aromatic rings. The summed E-state index contributed by atoms with van der Waals surface area (Å²) >= 11 is 0. The van der Waals surface area contributed by atoms with Crippen molar-refractivity contribution in [1.29, 1.82) is 5.26 Å². The van der Waals surface area contributed by atoms with Gasteiger partial charge in [-0.1, -0.05) is 6.07 Å². The molecule has 9 heteroatoms. The van der Waals surface area contributed by atoms with Gasteiger partial charge in [-0.25, -0.2) is 4.79 Å². The van der Waals surface area contributed by atoms with Gasteiger partial charge in [0, 0.05) is 20.0 Å². The molecule has 176 valence electrons. The Morgan fingerprint density at radius 3 is 2.56 bits per heavy atom. The normalized spacial score (nSPS) is 15.7. The zero-order chi connectivity index (χ0) is 24.4. The zero-order valence-electron chi connectivity index (χ0n) is 19.4. The second kappa shape index (κ2) is 9.43. The smallest absolute Gasteiger partial charge is 0.332 e. The summed E-state index contributed by atoms with van der Waals surface area (Å²) in [6.45, 7) is 2.57. The Hall–Kier alpha value is -4.06. The number of benzene rings is 2.